The molecular weight excluding hydrogens is 271 g/mol. The first kappa shape index (κ1) is 12.8. The molecule has 0 bridgehead atoms. The highest BCUT2D eigenvalue weighted by Gasteiger charge is 2.65. The second-order valence-corrected chi connectivity index (χ2v) is 6.82. The number of carbonyl (C=O) groups is 1. The average molecular weight is 288 g/mol. The van der Waals surface area contributed by atoms with E-state index in [1.807, 2.05) is 13.8 Å². The summed E-state index contributed by atoms with van der Waals surface area (Å²) in [5.74, 6) is -0.732. The Morgan fingerprint density at radius 2 is 2.14 bits per heavy atom. The van der Waals surface area contributed by atoms with E-state index < -0.39 is 11.9 Å². The second kappa shape index (κ2) is 3.84. The van der Waals surface area contributed by atoms with Gasteiger partial charge in [-0.2, -0.15) is 0 Å². The molecule has 2 aromatic rings. The number of carboxylic acids is 1. The molecule has 0 amide bonds. The van der Waals surface area contributed by atoms with Gasteiger partial charge in [-0.1, -0.05) is 13.8 Å². The number of benzene rings is 1. The molecule has 2 atom stereocenters. The van der Waals surface area contributed by atoms with Gasteiger partial charge in [-0.3, -0.25) is 4.79 Å². The quantitative estimate of drug-likeness (QED) is 0.942. The van der Waals surface area contributed by atoms with Crippen LogP contribution < -0.4 is 0 Å². The number of fused-ring (bicyclic) bond motifs is 1. The van der Waals surface area contributed by atoms with Gasteiger partial charge in [0.25, 0.3) is 0 Å². The molecule has 5 heteroatoms. The van der Waals surface area contributed by atoms with Gasteiger partial charge >= 0.3 is 5.97 Å². The third-order valence-corrected chi connectivity index (χ3v) is 4.96. The Labute approximate surface area is 121 Å². The highest BCUT2D eigenvalue weighted by Crippen LogP contribution is 2.65. The number of nitrogens with zero attached hydrogens (tertiary/aromatic N) is 2. The largest absolute Gasteiger partial charge is 0.481 e. The van der Waals surface area contributed by atoms with Crippen molar-refractivity contribution in [2.75, 3.05) is 0 Å². The van der Waals surface area contributed by atoms with Crippen molar-refractivity contribution in [3.05, 3.63) is 29.8 Å². The van der Waals surface area contributed by atoms with Crippen molar-refractivity contribution in [3.8, 4) is 0 Å². The number of carboxylic acid groups (broad SMARTS) is 1. The fourth-order valence-corrected chi connectivity index (χ4v) is 3.60. The van der Waals surface area contributed by atoms with E-state index in [0.29, 0.717) is 6.04 Å². The van der Waals surface area contributed by atoms with Crippen LogP contribution in [0.1, 0.15) is 44.5 Å². The molecule has 1 N–H and O–H groups in total. The normalized spacial score (nSPS) is 27.0. The molecule has 2 aliphatic rings. The lowest BCUT2D eigenvalue weighted by atomic mass is 10.1. The molecule has 21 heavy (non-hydrogen) atoms. The van der Waals surface area contributed by atoms with Gasteiger partial charge in [0.1, 0.15) is 11.6 Å². The number of halogens is 1. The van der Waals surface area contributed by atoms with Crippen molar-refractivity contribution in [1.29, 1.82) is 0 Å². The van der Waals surface area contributed by atoms with Crippen molar-refractivity contribution < 1.29 is 14.3 Å². The maximum atomic E-state index is 13.5. The summed E-state index contributed by atoms with van der Waals surface area (Å²) in [6, 6.07) is 4.94. The van der Waals surface area contributed by atoms with Crippen LogP contribution in [0, 0.1) is 17.2 Å². The van der Waals surface area contributed by atoms with Crippen molar-refractivity contribution in [3.63, 3.8) is 0 Å². The van der Waals surface area contributed by atoms with Crippen LogP contribution in [-0.2, 0) is 4.79 Å². The van der Waals surface area contributed by atoms with Gasteiger partial charge in [0.2, 0.25) is 0 Å². The van der Waals surface area contributed by atoms with E-state index in [4.69, 9.17) is 0 Å². The second-order valence-electron chi connectivity index (χ2n) is 6.82. The third-order valence-electron chi connectivity index (χ3n) is 4.96. The summed E-state index contributed by atoms with van der Waals surface area (Å²) in [6.45, 7) is 3.93. The summed E-state index contributed by atoms with van der Waals surface area (Å²) in [7, 11) is 0. The van der Waals surface area contributed by atoms with E-state index in [1.165, 1.54) is 12.1 Å². The Balaban J connectivity index is 1.90. The van der Waals surface area contributed by atoms with E-state index >= 15 is 0 Å². The van der Waals surface area contributed by atoms with Crippen molar-refractivity contribution >= 4 is 17.0 Å². The lowest BCUT2D eigenvalue weighted by Crippen LogP contribution is -2.04. The lowest BCUT2D eigenvalue weighted by Gasteiger charge is -2.08. The average Bonchev–Trinajstić information content (AvgIpc) is 3.27. The molecule has 0 aliphatic heterocycles. The van der Waals surface area contributed by atoms with Crippen LogP contribution in [0.15, 0.2) is 18.2 Å². The molecule has 1 aromatic carbocycles. The van der Waals surface area contributed by atoms with E-state index in [2.05, 4.69) is 9.55 Å². The van der Waals surface area contributed by atoms with E-state index in [0.717, 1.165) is 29.7 Å². The van der Waals surface area contributed by atoms with Crippen LogP contribution in [0.4, 0.5) is 4.39 Å². The Hall–Kier alpha value is -1.91. The van der Waals surface area contributed by atoms with Gasteiger partial charge in [0.15, 0.2) is 0 Å². The van der Waals surface area contributed by atoms with Crippen LogP contribution in [0.5, 0.6) is 0 Å². The van der Waals surface area contributed by atoms with Gasteiger partial charge in [0, 0.05) is 12.0 Å². The minimum atomic E-state index is -0.773. The van der Waals surface area contributed by atoms with E-state index in [1.54, 1.807) is 6.07 Å². The molecule has 2 aliphatic carbocycles. The highest BCUT2D eigenvalue weighted by atomic mass is 19.1. The lowest BCUT2D eigenvalue weighted by molar-refractivity contribution is -0.139. The van der Waals surface area contributed by atoms with Gasteiger partial charge in [-0.05, 0) is 36.5 Å². The molecule has 110 valence electrons. The first-order valence-corrected chi connectivity index (χ1v) is 7.31. The predicted molar refractivity (Wildman–Crippen MR) is 75.6 cm³/mol. The standard InChI is InChI=1S/C16H17FN2O2/c1-16(2)12(13(16)15(20)21)14-18-10-6-3-8(17)7-11(10)19(14)9-4-5-9/h3,6-7,9,12-13H,4-5H2,1-2H3,(H,20,21). The van der Waals surface area contributed by atoms with E-state index in [9.17, 15) is 14.3 Å². The summed E-state index contributed by atoms with van der Waals surface area (Å²) in [5.41, 5.74) is 1.25. The molecule has 0 radical (unpaired) electrons. The number of hydrogen-bond acceptors (Lipinski definition) is 2. The zero-order valence-corrected chi connectivity index (χ0v) is 12.0. The Morgan fingerprint density at radius 1 is 1.43 bits per heavy atom. The van der Waals surface area contributed by atoms with E-state index in [-0.39, 0.29) is 17.2 Å². The van der Waals surface area contributed by atoms with Gasteiger partial charge in [0.05, 0.1) is 17.0 Å². The number of hydrogen-bond donors (Lipinski definition) is 1. The summed E-state index contributed by atoms with van der Waals surface area (Å²) >= 11 is 0. The number of rotatable bonds is 3. The minimum absolute atomic E-state index is 0.0916. The fourth-order valence-electron chi connectivity index (χ4n) is 3.60. The molecule has 1 aromatic heterocycles. The first-order valence-electron chi connectivity index (χ1n) is 7.31. The third kappa shape index (κ3) is 1.73. The molecule has 2 saturated carbocycles. The Kier molecular flexibility index (Phi) is 2.34. The Bertz CT molecular complexity index is 761. The smallest absolute Gasteiger partial charge is 0.307 e. The summed E-state index contributed by atoms with van der Waals surface area (Å²) in [6.07, 6.45) is 2.11. The Morgan fingerprint density at radius 3 is 2.71 bits per heavy atom. The van der Waals surface area contributed by atoms with Gasteiger partial charge < -0.3 is 9.67 Å². The number of aliphatic carboxylic acids is 1. The minimum Gasteiger partial charge on any atom is -0.481 e. The fraction of sp³-hybridized carbons (Fsp3) is 0.500. The maximum Gasteiger partial charge on any atom is 0.307 e. The molecule has 0 spiro atoms. The molecule has 0 saturated heterocycles. The zero-order valence-electron chi connectivity index (χ0n) is 12.0. The van der Waals surface area contributed by atoms with Crippen molar-refractivity contribution in [2.45, 2.75) is 38.6 Å². The maximum absolute atomic E-state index is 13.5. The van der Waals surface area contributed by atoms with Crippen LogP contribution in [0.3, 0.4) is 0 Å². The summed E-state index contributed by atoms with van der Waals surface area (Å²) in [5, 5.41) is 9.39. The van der Waals surface area contributed by atoms with Crippen LogP contribution in [0.2, 0.25) is 0 Å². The number of aromatic nitrogens is 2. The zero-order chi connectivity index (χ0) is 14.9. The van der Waals surface area contributed by atoms with Crippen LogP contribution in [0.25, 0.3) is 11.0 Å². The van der Waals surface area contributed by atoms with Crippen LogP contribution in [-0.4, -0.2) is 20.6 Å². The molecule has 1 heterocycles. The summed E-state index contributed by atoms with van der Waals surface area (Å²) in [4.78, 5) is 16.1. The molecule has 4 nitrogen and oxygen atoms in total. The van der Waals surface area contributed by atoms with Crippen molar-refractivity contribution in [1.82, 2.24) is 9.55 Å². The van der Waals surface area contributed by atoms with Gasteiger partial charge in [-0.15, -0.1) is 0 Å². The number of imidazole rings is 1. The molecular formula is C16H17FN2O2. The van der Waals surface area contributed by atoms with Crippen molar-refractivity contribution in [2.24, 2.45) is 11.3 Å². The van der Waals surface area contributed by atoms with Crippen LogP contribution >= 0.6 is 0 Å². The first-order chi connectivity index (χ1) is 9.91. The topological polar surface area (TPSA) is 55.1 Å². The highest BCUT2D eigenvalue weighted by molar-refractivity contribution is 5.80. The van der Waals surface area contributed by atoms with Gasteiger partial charge in [-0.25, -0.2) is 9.37 Å². The summed E-state index contributed by atoms with van der Waals surface area (Å²) < 4.78 is 15.6. The molecule has 4 rings (SSSR count). The monoisotopic (exact) mass is 288 g/mol. The molecule has 2 unspecified atom stereocenters. The predicted octanol–water partition coefficient (Wildman–Crippen LogP) is 3.33. The SMILES string of the molecule is CC1(C)C(C(=O)O)C1c1nc2ccc(F)cc2n1C1CC1. The molecule has 2 fully saturated rings.